The molecule has 30 heavy (non-hydrogen) atoms. The van der Waals surface area contributed by atoms with Crippen LogP contribution >= 0.6 is 11.8 Å². The standard InChI is InChI=1S/C23H17F2NO3S/c24-17-10-9-16(18(25)12-17)13-26-19-3-1-2-4-20(19)30-21(22(26)27)11-14-5-7-15(8-6-14)23(28)29/h1-10,12,21H,11,13H2,(H,28,29). The predicted molar refractivity (Wildman–Crippen MR) is 111 cm³/mol. The Morgan fingerprint density at radius 2 is 1.77 bits per heavy atom. The Balaban J connectivity index is 1.62. The van der Waals surface area contributed by atoms with Crippen LogP contribution in [-0.4, -0.2) is 22.2 Å². The summed E-state index contributed by atoms with van der Waals surface area (Å²) in [5.41, 5.74) is 1.93. The Kier molecular flexibility index (Phi) is 5.55. The lowest BCUT2D eigenvalue weighted by Crippen LogP contribution is -2.41. The molecule has 4 rings (SSSR count). The van der Waals surface area contributed by atoms with Crippen LogP contribution in [0.1, 0.15) is 21.5 Å². The highest BCUT2D eigenvalue weighted by Gasteiger charge is 2.34. The van der Waals surface area contributed by atoms with Crippen LogP contribution in [-0.2, 0) is 17.8 Å². The summed E-state index contributed by atoms with van der Waals surface area (Å²) < 4.78 is 27.5. The molecule has 1 amide bonds. The number of carbonyl (C=O) groups excluding carboxylic acids is 1. The molecular formula is C23H17F2NO3S. The van der Waals surface area contributed by atoms with Gasteiger partial charge >= 0.3 is 5.97 Å². The first kappa shape index (κ1) is 20.1. The second kappa shape index (κ2) is 8.28. The quantitative estimate of drug-likeness (QED) is 0.631. The number of fused-ring (bicyclic) bond motifs is 1. The third kappa shape index (κ3) is 4.07. The van der Waals surface area contributed by atoms with E-state index < -0.39 is 22.9 Å². The fourth-order valence-corrected chi connectivity index (χ4v) is 4.65. The van der Waals surface area contributed by atoms with Crippen molar-refractivity contribution in [1.29, 1.82) is 0 Å². The molecule has 0 fully saturated rings. The Labute approximate surface area is 176 Å². The summed E-state index contributed by atoms with van der Waals surface area (Å²) in [6, 6.07) is 17.1. The van der Waals surface area contributed by atoms with Gasteiger partial charge in [-0.25, -0.2) is 13.6 Å². The maximum atomic E-state index is 14.2. The molecule has 1 unspecified atom stereocenters. The SMILES string of the molecule is O=C(O)c1ccc(CC2Sc3ccccc3N(Cc3ccc(F)cc3F)C2=O)cc1. The molecule has 0 spiro atoms. The normalized spacial score (nSPS) is 15.7. The molecule has 0 bridgehead atoms. The number of carbonyl (C=O) groups is 2. The number of carboxylic acids is 1. The van der Waals surface area contributed by atoms with Gasteiger partial charge in [-0.2, -0.15) is 0 Å². The minimum absolute atomic E-state index is 0.00300. The number of carboxylic acid groups (broad SMARTS) is 1. The fraction of sp³-hybridized carbons (Fsp3) is 0.130. The molecule has 1 N–H and O–H groups in total. The number of anilines is 1. The zero-order valence-corrected chi connectivity index (χ0v) is 16.5. The molecule has 3 aromatic carbocycles. The van der Waals surface area contributed by atoms with Crippen molar-refractivity contribution < 1.29 is 23.5 Å². The molecule has 7 heteroatoms. The average molecular weight is 425 g/mol. The number of hydrogen-bond donors (Lipinski definition) is 1. The summed E-state index contributed by atoms with van der Waals surface area (Å²) in [4.78, 5) is 26.7. The van der Waals surface area contributed by atoms with Gasteiger partial charge in [0.2, 0.25) is 5.91 Å². The summed E-state index contributed by atoms with van der Waals surface area (Å²) in [6.07, 6.45) is 0.403. The summed E-state index contributed by atoms with van der Waals surface area (Å²) in [7, 11) is 0. The van der Waals surface area contributed by atoms with E-state index in [1.807, 2.05) is 18.2 Å². The van der Waals surface area contributed by atoms with Crippen LogP contribution in [0, 0.1) is 11.6 Å². The van der Waals surface area contributed by atoms with Crippen LogP contribution in [0.25, 0.3) is 0 Å². The van der Waals surface area contributed by atoms with Crippen LogP contribution < -0.4 is 4.90 Å². The molecule has 0 aromatic heterocycles. The van der Waals surface area contributed by atoms with Crippen molar-refractivity contribution in [3.63, 3.8) is 0 Å². The minimum Gasteiger partial charge on any atom is -0.478 e. The van der Waals surface area contributed by atoms with Crippen molar-refractivity contribution in [3.05, 3.63) is 95.1 Å². The van der Waals surface area contributed by atoms with E-state index in [0.29, 0.717) is 12.1 Å². The largest absolute Gasteiger partial charge is 0.478 e. The van der Waals surface area contributed by atoms with Gasteiger partial charge in [0.05, 0.1) is 23.0 Å². The third-order valence-corrected chi connectivity index (χ3v) is 6.18. The van der Waals surface area contributed by atoms with Gasteiger partial charge in [-0.05, 0) is 42.3 Å². The lowest BCUT2D eigenvalue weighted by molar-refractivity contribution is -0.118. The number of nitrogens with zero attached hydrogens (tertiary/aromatic N) is 1. The van der Waals surface area contributed by atoms with Crippen molar-refractivity contribution >= 4 is 29.3 Å². The first-order valence-corrected chi connectivity index (χ1v) is 10.1. The van der Waals surface area contributed by atoms with Gasteiger partial charge in [-0.3, -0.25) is 4.79 Å². The van der Waals surface area contributed by atoms with Gasteiger partial charge < -0.3 is 10.0 Å². The van der Waals surface area contributed by atoms with Gasteiger partial charge in [-0.15, -0.1) is 11.8 Å². The van der Waals surface area contributed by atoms with Crippen LogP contribution in [0.4, 0.5) is 14.5 Å². The third-order valence-electron chi connectivity index (χ3n) is 4.93. The summed E-state index contributed by atoms with van der Waals surface area (Å²) in [6.45, 7) is -0.00300. The maximum absolute atomic E-state index is 14.2. The van der Waals surface area contributed by atoms with E-state index in [0.717, 1.165) is 16.5 Å². The van der Waals surface area contributed by atoms with E-state index in [4.69, 9.17) is 5.11 Å². The molecule has 1 heterocycles. The zero-order valence-electron chi connectivity index (χ0n) is 15.7. The first-order valence-electron chi connectivity index (χ1n) is 9.25. The van der Waals surface area contributed by atoms with Crippen LogP contribution in [0.5, 0.6) is 0 Å². The van der Waals surface area contributed by atoms with Crippen molar-refractivity contribution in [1.82, 2.24) is 0 Å². The minimum atomic E-state index is -1.01. The van der Waals surface area contributed by atoms with Crippen LogP contribution in [0.15, 0.2) is 71.6 Å². The lowest BCUT2D eigenvalue weighted by Gasteiger charge is -2.34. The van der Waals surface area contributed by atoms with Crippen molar-refractivity contribution in [2.45, 2.75) is 23.1 Å². The molecule has 1 aliphatic rings. The fourth-order valence-electron chi connectivity index (χ4n) is 3.39. The number of para-hydroxylation sites is 1. The number of aromatic carboxylic acids is 1. The maximum Gasteiger partial charge on any atom is 0.335 e. The monoisotopic (exact) mass is 425 g/mol. The summed E-state index contributed by atoms with van der Waals surface area (Å²) >= 11 is 1.43. The number of thioether (sulfide) groups is 1. The average Bonchev–Trinajstić information content (AvgIpc) is 2.73. The van der Waals surface area contributed by atoms with Gasteiger partial charge in [0, 0.05) is 16.5 Å². The van der Waals surface area contributed by atoms with Crippen LogP contribution in [0.2, 0.25) is 0 Å². The Morgan fingerprint density at radius 3 is 2.47 bits per heavy atom. The van der Waals surface area contributed by atoms with E-state index in [-0.39, 0.29) is 23.6 Å². The Morgan fingerprint density at radius 1 is 1.03 bits per heavy atom. The molecule has 0 radical (unpaired) electrons. The highest BCUT2D eigenvalue weighted by molar-refractivity contribution is 8.01. The molecule has 3 aromatic rings. The highest BCUT2D eigenvalue weighted by atomic mass is 32.2. The second-order valence-corrected chi connectivity index (χ2v) is 8.19. The highest BCUT2D eigenvalue weighted by Crippen LogP contribution is 2.41. The number of hydrogen-bond acceptors (Lipinski definition) is 3. The summed E-state index contributed by atoms with van der Waals surface area (Å²) in [5, 5.41) is 8.60. The molecule has 1 atom stereocenters. The van der Waals surface area contributed by atoms with E-state index in [1.54, 1.807) is 18.2 Å². The number of rotatable bonds is 5. The predicted octanol–water partition coefficient (Wildman–Crippen LogP) is 4.91. The topological polar surface area (TPSA) is 57.6 Å². The van der Waals surface area contributed by atoms with E-state index in [1.165, 1.54) is 40.9 Å². The molecule has 1 aliphatic heterocycles. The molecule has 0 aliphatic carbocycles. The Bertz CT molecular complexity index is 1120. The van der Waals surface area contributed by atoms with Crippen molar-refractivity contribution in [2.24, 2.45) is 0 Å². The molecule has 152 valence electrons. The Hall–Kier alpha value is -3.19. The van der Waals surface area contributed by atoms with Gasteiger partial charge in [0.15, 0.2) is 0 Å². The number of halogens is 2. The van der Waals surface area contributed by atoms with Crippen molar-refractivity contribution in [3.8, 4) is 0 Å². The number of benzene rings is 3. The van der Waals surface area contributed by atoms with Crippen LogP contribution in [0.3, 0.4) is 0 Å². The van der Waals surface area contributed by atoms with Gasteiger partial charge in [-0.1, -0.05) is 30.3 Å². The lowest BCUT2D eigenvalue weighted by atomic mass is 10.1. The molecule has 0 saturated heterocycles. The van der Waals surface area contributed by atoms with E-state index >= 15 is 0 Å². The van der Waals surface area contributed by atoms with Gasteiger partial charge in [0.25, 0.3) is 0 Å². The van der Waals surface area contributed by atoms with Gasteiger partial charge in [0.1, 0.15) is 11.6 Å². The smallest absolute Gasteiger partial charge is 0.335 e. The molecule has 0 saturated carbocycles. The second-order valence-electron chi connectivity index (χ2n) is 6.94. The molecule has 4 nitrogen and oxygen atoms in total. The number of amides is 1. The zero-order chi connectivity index (χ0) is 21.3. The van der Waals surface area contributed by atoms with Crippen molar-refractivity contribution in [2.75, 3.05) is 4.90 Å². The summed E-state index contributed by atoms with van der Waals surface area (Å²) in [5.74, 6) is -2.55. The molecular weight excluding hydrogens is 408 g/mol. The van der Waals surface area contributed by atoms with E-state index in [2.05, 4.69) is 0 Å². The first-order chi connectivity index (χ1) is 14.4. The van der Waals surface area contributed by atoms with E-state index in [9.17, 15) is 18.4 Å².